The Hall–Kier alpha value is -3.61. The van der Waals surface area contributed by atoms with E-state index in [1.807, 2.05) is 0 Å². The first-order valence-corrected chi connectivity index (χ1v) is 8.72. The Morgan fingerprint density at radius 2 is 1.86 bits per heavy atom. The van der Waals surface area contributed by atoms with Crippen molar-refractivity contribution in [3.05, 3.63) is 83.6 Å². The number of benzene rings is 2. The number of rotatable bonds is 7. The molecule has 0 aliphatic carbocycles. The fraction of sp³-hybridized carbons (Fsp3) is 0.143. The zero-order valence-corrected chi connectivity index (χ0v) is 15.3. The Bertz CT molecular complexity index is 971. The molecule has 0 bridgehead atoms. The van der Waals surface area contributed by atoms with Crippen molar-refractivity contribution in [3.8, 4) is 0 Å². The lowest BCUT2D eigenvalue weighted by molar-refractivity contribution is -0.114. The smallest absolute Gasteiger partial charge is 0.253 e. The maximum Gasteiger partial charge on any atom is 0.253 e. The molecule has 3 rings (SSSR count). The monoisotopic (exact) mass is 381 g/mol. The number of amides is 2. The molecule has 0 spiro atoms. The maximum absolute atomic E-state index is 13.3. The van der Waals surface area contributed by atoms with Gasteiger partial charge in [-0.25, -0.2) is 4.39 Å². The second-order valence-corrected chi connectivity index (χ2v) is 6.17. The van der Waals surface area contributed by atoms with Crippen LogP contribution < -0.4 is 16.0 Å². The standard InChI is InChI=1S/C21H20FN3O3/c1-14-8-9-15(22)11-19(14)25-20(26)13-23-18-7-3-2-6-17(18)21(27)24-12-16-5-4-10-28-16/h2-11,23H,12-13H2,1H3,(H,24,27)(H,25,26). The molecule has 6 nitrogen and oxygen atoms in total. The molecule has 3 aromatic rings. The van der Waals surface area contributed by atoms with Gasteiger partial charge in [-0.05, 0) is 48.9 Å². The van der Waals surface area contributed by atoms with Crippen LogP contribution in [0.3, 0.4) is 0 Å². The summed E-state index contributed by atoms with van der Waals surface area (Å²) in [6, 6.07) is 14.6. The SMILES string of the molecule is Cc1ccc(F)cc1NC(=O)CNc1ccccc1C(=O)NCc1ccco1. The Morgan fingerprint density at radius 1 is 1.04 bits per heavy atom. The van der Waals surface area contributed by atoms with Crippen LogP contribution in [0.4, 0.5) is 15.8 Å². The van der Waals surface area contributed by atoms with Gasteiger partial charge in [0.15, 0.2) is 0 Å². The molecule has 0 fully saturated rings. The van der Waals surface area contributed by atoms with Crippen molar-refractivity contribution >= 4 is 23.2 Å². The van der Waals surface area contributed by atoms with Crippen molar-refractivity contribution in [1.82, 2.24) is 5.32 Å². The summed E-state index contributed by atoms with van der Waals surface area (Å²) in [7, 11) is 0. The van der Waals surface area contributed by atoms with E-state index in [2.05, 4.69) is 16.0 Å². The van der Waals surface area contributed by atoms with Crippen LogP contribution in [0.15, 0.2) is 65.3 Å². The van der Waals surface area contributed by atoms with E-state index in [9.17, 15) is 14.0 Å². The number of halogens is 1. The Morgan fingerprint density at radius 3 is 2.64 bits per heavy atom. The number of aryl methyl sites for hydroxylation is 1. The molecule has 0 aliphatic rings. The molecule has 0 atom stereocenters. The average molecular weight is 381 g/mol. The zero-order valence-electron chi connectivity index (χ0n) is 15.3. The molecule has 0 unspecified atom stereocenters. The summed E-state index contributed by atoms with van der Waals surface area (Å²) in [5.74, 6) is -0.420. The minimum Gasteiger partial charge on any atom is -0.467 e. The number of nitrogens with one attached hydrogen (secondary N) is 3. The summed E-state index contributed by atoms with van der Waals surface area (Å²) in [5, 5.41) is 8.38. The van der Waals surface area contributed by atoms with Gasteiger partial charge in [0, 0.05) is 11.4 Å². The quantitative estimate of drug-likeness (QED) is 0.583. The minimum atomic E-state index is -0.424. The average Bonchev–Trinajstić information content (AvgIpc) is 3.21. The van der Waals surface area contributed by atoms with Crippen molar-refractivity contribution in [2.75, 3.05) is 17.2 Å². The molecule has 3 N–H and O–H groups in total. The number of hydrogen-bond donors (Lipinski definition) is 3. The van der Waals surface area contributed by atoms with E-state index in [-0.39, 0.29) is 24.9 Å². The molecule has 7 heteroatoms. The molecular weight excluding hydrogens is 361 g/mol. The van der Waals surface area contributed by atoms with Gasteiger partial charge in [0.25, 0.3) is 5.91 Å². The number of carbonyl (C=O) groups excluding carboxylic acids is 2. The molecule has 1 aromatic heterocycles. The highest BCUT2D eigenvalue weighted by Gasteiger charge is 2.12. The predicted octanol–water partition coefficient (Wildman–Crippen LogP) is 3.71. The predicted molar refractivity (Wildman–Crippen MR) is 105 cm³/mol. The molecule has 144 valence electrons. The van der Waals surface area contributed by atoms with Crippen LogP contribution in [0.25, 0.3) is 0 Å². The van der Waals surface area contributed by atoms with E-state index in [4.69, 9.17) is 4.42 Å². The van der Waals surface area contributed by atoms with Gasteiger partial charge in [0.1, 0.15) is 11.6 Å². The topological polar surface area (TPSA) is 83.4 Å². The summed E-state index contributed by atoms with van der Waals surface area (Å²) in [6.07, 6.45) is 1.54. The number of furan rings is 1. The molecule has 0 saturated heterocycles. The Kier molecular flexibility index (Phi) is 6.06. The Balaban J connectivity index is 1.60. The molecule has 28 heavy (non-hydrogen) atoms. The largest absolute Gasteiger partial charge is 0.467 e. The van der Waals surface area contributed by atoms with Crippen LogP contribution in [-0.4, -0.2) is 18.4 Å². The Labute approximate surface area is 161 Å². The van der Waals surface area contributed by atoms with Crippen molar-refractivity contribution in [2.45, 2.75) is 13.5 Å². The highest BCUT2D eigenvalue weighted by molar-refractivity contribution is 6.01. The summed E-state index contributed by atoms with van der Waals surface area (Å²) in [6.45, 7) is 1.97. The number of carbonyl (C=O) groups is 2. The van der Waals surface area contributed by atoms with Gasteiger partial charge in [0.05, 0.1) is 24.9 Å². The van der Waals surface area contributed by atoms with Crippen LogP contribution in [0, 0.1) is 12.7 Å². The van der Waals surface area contributed by atoms with Crippen LogP contribution in [0.5, 0.6) is 0 Å². The van der Waals surface area contributed by atoms with E-state index in [0.29, 0.717) is 22.7 Å². The first-order valence-electron chi connectivity index (χ1n) is 8.72. The van der Waals surface area contributed by atoms with E-state index in [1.165, 1.54) is 18.4 Å². The first kappa shape index (κ1) is 19.2. The molecule has 0 saturated carbocycles. The number of para-hydroxylation sites is 1. The normalized spacial score (nSPS) is 10.4. The fourth-order valence-electron chi connectivity index (χ4n) is 2.61. The molecule has 0 radical (unpaired) electrons. The van der Waals surface area contributed by atoms with Gasteiger partial charge in [0.2, 0.25) is 5.91 Å². The third-order valence-corrected chi connectivity index (χ3v) is 4.09. The van der Waals surface area contributed by atoms with Crippen molar-refractivity contribution in [1.29, 1.82) is 0 Å². The van der Waals surface area contributed by atoms with Crippen molar-refractivity contribution in [3.63, 3.8) is 0 Å². The van der Waals surface area contributed by atoms with Gasteiger partial charge >= 0.3 is 0 Å². The van der Waals surface area contributed by atoms with E-state index in [1.54, 1.807) is 49.4 Å². The number of anilines is 2. The lowest BCUT2D eigenvalue weighted by Gasteiger charge is -2.13. The molecule has 0 aliphatic heterocycles. The third-order valence-electron chi connectivity index (χ3n) is 4.09. The summed E-state index contributed by atoms with van der Waals surface area (Å²) in [4.78, 5) is 24.6. The minimum absolute atomic E-state index is 0.0710. The molecule has 2 aromatic carbocycles. The summed E-state index contributed by atoms with van der Waals surface area (Å²) in [5.41, 5.74) is 2.10. The second-order valence-electron chi connectivity index (χ2n) is 6.17. The van der Waals surface area contributed by atoms with Crippen LogP contribution in [-0.2, 0) is 11.3 Å². The summed E-state index contributed by atoms with van der Waals surface area (Å²) < 4.78 is 18.5. The zero-order chi connectivity index (χ0) is 19.9. The lowest BCUT2D eigenvalue weighted by Crippen LogP contribution is -2.26. The molecular formula is C21H20FN3O3. The van der Waals surface area contributed by atoms with Gasteiger partial charge in [-0.2, -0.15) is 0 Å². The van der Waals surface area contributed by atoms with Crippen LogP contribution in [0.1, 0.15) is 21.7 Å². The lowest BCUT2D eigenvalue weighted by atomic mass is 10.1. The van der Waals surface area contributed by atoms with E-state index in [0.717, 1.165) is 5.56 Å². The highest BCUT2D eigenvalue weighted by Crippen LogP contribution is 2.17. The highest BCUT2D eigenvalue weighted by atomic mass is 19.1. The summed E-state index contributed by atoms with van der Waals surface area (Å²) >= 11 is 0. The fourth-order valence-corrected chi connectivity index (χ4v) is 2.61. The van der Waals surface area contributed by atoms with Crippen LogP contribution in [0.2, 0.25) is 0 Å². The third kappa shape index (κ3) is 4.97. The van der Waals surface area contributed by atoms with E-state index >= 15 is 0 Å². The van der Waals surface area contributed by atoms with Gasteiger partial charge in [-0.1, -0.05) is 18.2 Å². The molecule has 1 heterocycles. The van der Waals surface area contributed by atoms with Crippen molar-refractivity contribution < 1.29 is 18.4 Å². The van der Waals surface area contributed by atoms with Gasteiger partial charge < -0.3 is 20.4 Å². The van der Waals surface area contributed by atoms with Gasteiger partial charge in [-0.3, -0.25) is 9.59 Å². The van der Waals surface area contributed by atoms with Crippen molar-refractivity contribution in [2.24, 2.45) is 0 Å². The maximum atomic E-state index is 13.3. The first-order chi connectivity index (χ1) is 13.5. The van der Waals surface area contributed by atoms with Crippen LogP contribution >= 0.6 is 0 Å². The van der Waals surface area contributed by atoms with E-state index < -0.39 is 5.82 Å². The number of hydrogen-bond acceptors (Lipinski definition) is 4. The van der Waals surface area contributed by atoms with Gasteiger partial charge in [-0.15, -0.1) is 0 Å². The second kappa shape index (κ2) is 8.85. The molecule has 2 amide bonds.